The van der Waals surface area contributed by atoms with Crippen LogP contribution in [0.25, 0.3) is 0 Å². The summed E-state index contributed by atoms with van der Waals surface area (Å²) in [6.07, 6.45) is 84.2. The van der Waals surface area contributed by atoms with Crippen molar-refractivity contribution in [1.82, 2.24) is 5.32 Å². The molecule has 3 atom stereocenters. The summed E-state index contributed by atoms with van der Waals surface area (Å²) in [5.41, 5.74) is 0. The minimum atomic E-state index is -4.45. The van der Waals surface area contributed by atoms with Gasteiger partial charge in [0, 0.05) is 12.8 Å². The molecule has 2 N–H and O–H groups in total. The number of unbranched alkanes of at least 4 members (excludes halogenated alkanes) is 47. The third kappa shape index (κ3) is 66.4. The van der Waals surface area contributed by atoms with Crippen molar-refractivity contribution in [2.24, 2.45) is 0 Å². The van der Waals surface area contributed by atoms with E-state index in [1.165, 1.54) is 270 Å². The van der Waals surface area contributed by atoms with Crippen LogP contribution in [0.2, 0.25) is 0 Å². The highest BCUT2D eigenvalue weighted by Crippen LogP contribution is 2.43. The lowest BCUT2D eigenvalue weighted by molar-refractivity contribution is -0.870. The van der Waals surface area contributed by atoms with E-state index in [2.05, 4.69) is 68.6 Å². The lowest BCUT2D eigenvalue weighted by atomic mass is 10.0. The molecule has 0 aromatic carbocycles. The predicted octanol–water partition coefficient (Wildman–Crippen LogP) is 24.0. The predicted molar refractivity (Wildman–Crippen MR) is 374 cm³/mol. The maximum absolute atomic E-state index is 13.6. The number of allylic oxidation sites excluding steroid dienone is 7. The van der Waals surface area contributed by atoms with Gasteiger partial charge in [-0.15, -0.1) is 0 Å². The van der Waals surface area contributed by atoms with Crippen LogP contribution >= 0.6 is 7.82 Å². The summed E-state index contributed by atoms with van der Waals surface area (Å²) in [6, 6.07) is -0.847. The van der Waals surface area contributed by atoms with Gasteiger partial charge in [0.05, 0.1) is 33.8 Å². The van der Waals surface area contributed by atoms with Crippen LogP contribution in [0.1, 0.15) is 374 Å². The molecule has 10 heteroatoms. The minimum absolute atomic E-state index is 0.0425. The number of ether oxygens (including phenoxy) is 1. The number of phosphoric ester groups is 1. The van der Waals surface area contributed by atoms with Gasteiger partial charge in [0.2, 0.25) is 5.91 Å². The van der Waals surface area contributed by atoms with Crippen LogP contribution in [0.15, 0.2) is 48.6 Å². The Balaban J connectivity index is 4.97. The zero-order chi connectivity index (χ0) is 62.8. The van der Waals surface area contributed by atoms with Crippen LogP contribution in [0, 0.1) is 0 Å². The highest BCUT2D eigenvalue weighted by molar-refractivity contribution is 7.47. The number of carbonyl (C=O) groups excluding carboxylic acids is 2. The number of amides is 1. The molecule has 0 aliphatic heterocycles. The first-order valence-corrected chi connectivity index (χ1v) is 39.0. The second kappa shape index (κ2) is 65.9. The Morgan fingerprint density at radius 2 is 0.709 bits per heavy atom. The number of rotatable bonds is 69. The smallest absolute Gasteiger partial charge is 0.456 e. The first-order valence-electron chi connectivity index (χ1n) is 37.5. The van der Waals surface area contributed by atoms with Gasteiger partial charge in [0.15, 0.2) is 0 Å². The molecule has 3 unspecified atom stereocenters. The maximum atomic E-state index is 13.6. The topological polar surface area (TPSA) is 111 Å². The molecule has 0 spiro atoms. The Bertz CT molecular complexity index is 1610. The van der Waals surface area contributed by atoms with E-state index in [0.717, 1.165) is 70.6 Å². The van der Waals surface area contributed by atoms with Gasteiger partial charge in [-0.3, -0.25) is 18.6 Å². The Labute approximate surface area is 535 Å². The van der Waals surface area contributed by atoms with Crippen molar-refractivity contribution in [3.63, 3.8) is 0 Å². The number of hydrogen-bond acceptors (Lipinski definition) is 6. The second-order valence-electron chi connectivity index (χ2n) is 26.8. The van der Waals surface area contributed by atoms with Crippen molar-refractivity contribution in [3.8, 4) is 0 Å². The summed E-state index contributed by atoms with van der Waals surface area (Å²) in [7, 11) is 1.51. The van der Waals surface area contributed by atoms with Gasteiger partial charge >= 0.3 is 13.8 Å². The summed E-state index contributed by atoms with van der Waals surface area (Å²) in [5.74, 6) is -0.485. The fourth-order valence-corrected chi connectivity index (χ4v) is 12.0. The lowest BCUT2D eigenvalue weighted by Gasteiger charge is -2.27. The molecular formula is C76H146N2O7P+. The van der Waals surface area contributed by atoms with Crippen molar-refractivity contribution < 1.29 is 37.3 Å². The Hall–Kier alpha value is -2.03. The zero-order valence-electron chi connectivity index (χ0n) is 58.1. The van der Waals surface area contributed by atoms with Gasteiger partial charge in [-0.1, -0.05) is 339 Å². The first-order chi connectivity index (χ1) is 41.9. The van der Waals surface area contributed by atoms with Crippen LogP contribution in [0.5, 0.6) is 0 Å². The highest BCUT2D eigenvalue weighted by Gasteiger charge is 2.30. The molecule has 0 saturated carbocycles. The molecule has 0 aromatic rings. The number of esters is 1. The SMILES string of the molecule is CCCCC/C=C\C/C=C\C/C=C\CCCCCCCCCCCCCCCCC(=O)NC(COP(=O)(O)OCC[N+](C)(C)C)C(/C=C\CCCCCCCCCCCC)OC(=O)CCCCCCCCCCCCCCCCCCCCCCC. The fraction of sp³-hybridized carbons (Fsp3) is 0.868. The fourth-order valence-electron chi connectivity index (χ4n) is 11.2. The number of likely N-dealkylation sites (N-methyl/N-ethyl adjacent to an activating group) is 1. The van der Waals surface area contributed by atoms with E-state index in [9.17, 15) is 19.0 Å². The minimum Gasteiger partial charge on any atom is -0.456 e. The monoisotopic (exact) mass is 1230 g/mol. The molecule has 0 heterocycles. The standard InChI is InChI=1S/C76H145N2O7P/c1-7-10-13-16-19-22-25-28-30-32-34-36-37-38-39-40-41-43-44-46-48-50-53-56-59-62-65-68-75(79)77-73(72-84-86(81,82)83-71-70-78(4,5)6)74(67-64-61-58-55-52-27-24-21-18-15-12-9-3)85-76(80)69-66-63-60-57-54-51-49-47-45-42-35-33-31-29-26-23-20-17-14-11-8-2/h19,22,28,30,34,36,64,67,73-74H,7-18,20-21,23-27,29,31-33,35,37-63,65-66,68-72H2,1-6H3,(H-,77,79,81,82)/p+1/b22-19-,30-28-,36-34-,67-64-. The third-order valence-electron chi connectivity index (χ3n) is 17.0. The first kappa shape index (κ1) is 84.0. The van der Waals surface area contributed by atoms with Gasteiger partial charge < -0.3 is 19.4 Å². The van der Waals surface area contributed by atoms with Crippen LogP contribution in [-0.4, -0.2) is 74.3 Å². The number of nitrogens with zero attached hydrogens (tertiary/aromatic N) is 1. The quantitative estimate of drug-likeness (QED) is 0.0205. The van der Waals surface area contributed by atoms with Crippen LogP contribution in [0.4, 0.5) is 0 Å². The Kier molecular flexibility index (Phi) is 64.4. The molecule has 0 aliphatic rings. The molecule has 0 saturated heterocycles. The van der Waals surface area contributed by atoms with E-state index in [4.69, 9.17) is 13.8 Å². The maximum Gasteiger partial charge on any atom is 0.472 e. The summed E-state index contributed by atoms with van der Waals surface area (Å²) >= 11 is 0. The molecule has 0 fully saturated rings. The second-order valence-corrected chi connectivity index (χ2v) is 28.3. The van der Waals surface area contributed by atoms with E-state index in [1.807, 2.05) is 27.2 Å². The van der Waals surface area contributed by atoms with E-state index < -0.39 is 20.0 Å². The molecule has 0 radical (unpaired) electrons. The normalized spacial score (nSPS) is 13.7. The Morgan fingerprint density at radius 1 is 0.407 bits per heavy atom. The number of phosphoric acid groups is 1. The van der Waals surface area contributed by atoms with Crippen molar-refractivity contribution in [2.75, 3.05) is 40.9 Å². The summed E-state index contributed by atoms with van der Waals surface area (Å²) < 4.78 is 30.9. The molecule has 9 nitrogen and oxygen atoms in total. The van der Waals surface area contributed by atoms with E-state index in [0.29, 0.717) is 23.9 Å². The van der Waals surface area contributed by atoms with Gasteiger partial charge in [-0.25, -0.2) is 4.57 Å². The molecule has 0 aliphatic carbocycles. The summed E-state index contributed by atoms with van der Waals surface area (Å²) in [6.45, 7) is 7.05. The number of carbonyl (C=O) groups is 2. The van der Waals surface area contributed by atoms with Crippen molar-refractivity contribution in [2.45, 2.75) is 386 Å². The molecule has 1 amide bonds. The van der Waals surface area contributed by atoms with Crippen molar-refractivity contribution >= 4 is 19.7 Å². The van der Waals surface area contributed by atoms with Crippen molar-refractivity contribution in [1.29, 1.82) is 0 Å². The average Bonchev–Trinajstić information content (AvgIpc) is 3.67. The van der Waals surface area contributed by atoms with Gasteiger partial charge in [0.1, 0.15) is 19.3 Å². The average molecular weight is 1230 g/mol. The summed E-state index contributed by atoms with van der Waals surface area (Å²) in [5, 5.41) is 3.08. The molecule has 0 rings (SSSR count). The molecule has 86 heavy (non-hydrogen) atoms. The van der Waals surface area contributed by atoms with Crippen molar-refractivity contribution in [3.05, 3.63) is 48.6 Å². The number of hydrogen-bond donors (Lipinski definition) is 2. The Morgan fingerprint density at radius 3 is 1.08 bits per heavy atom. The molecule has 0 aromatic heterocycles. The van der Waals surface area contributed by atoms with E-state index in [1.54, 1.807) is 0 Å². The molecular weight excluding hydrogens is 1080 g/mol. The van der Waals surface area contributed by atoms with Gasteiger partial charge in [0.25, 0.3) is 0 Å². The van der Waals surface area contributed by atoms with Gasteiger partial charge in [-0.05, 0) is 70.3 Å². The van der Waals surface area contributed by atoms with E-state index in [-0.39, 0.29) is 25.1 Å². The van der Waals surface area contributed by atoms with Crippen LogP contribution in [0.3, 0.4) is 0 Å². The number of nitrogens with one attached hydrogen (secondary N) is 1. The van der Waals surface area contributed by atoms with Crippen LogP contribution < -0.4 is 5.32 Å². The van der Waals surface area contributed by atoms with Crippen LogP contribution in [-0.2, 0) is 27.9 Å². The third-order valence-corrected chi connectivity index (χ3v) is 18.0. The zero-order valence-corrected chi connectivity index (χ0v) is 59.0. The molecule has 0 bridgehead atoms. The summed E-state index contributed by atoms with van der Waals surface area (Å²) in [4.78, 5) is 38.0. The largest absolute Gasteiger partial charge is 0.472 e. The lowest BCUT2D eigenvalue weighted by Crippen LogP contribution is -2.47. The van der Waals surface area contributed by atoms with Gasteiger partial charge in [-0.2, -0.15) is 0 Å². The molecule has 506 valence electrons. The highest BCUT2D eigenvalue weighted by atomic mass is 31.2. The number of quaternary nitrogens is 1. The van der Waals surface area contributed by atoms with E-state index >= 15 is 0 Å².